The van der Waals surface area contributed by atoms with Gasteiger partial charge in [-0.25, -0.2) is 4.98 Å². The van der Waals surface area contributed by atoms with Crippen molar-refractivity contribution in [2.75, 3.05) is 81.6 Å². The zero-order valence-corrected chi connectivity index (χ0v) is 20.4. The molecule has 12 heteroatoms. The molecule has 3 heterocycles. The standard InChI is InChI=1S/C24H32F3N7O2/c1-32-10-12-33(13-11-32)19-5-3-18(4-6-19)30-23-29-17-20(24(25,26)27)22(31-23)28-8-2-9-34-14-16-36-15-7-21(34)35/h3-6,17H,2,7-16H2,1H3,(H2,28,29,30,31). The van der Waals surface area contributed by atoms with Crippen LogP contribution in [0.5, 0.6) is 0 Å². The number of hydrogen-bond donors (Lipinski definition) is 2. The van der Waals surface area contributed by atoms with Crippen LogP contribution < -0.4 is 15.5 Å². The number of nitrogens with one attached hydrogen (secondary N) is 2. The largest absolute Gasteiger partial charge is 0.421 e. The number of aromatic nitrogens is 2. The minimum absolute atomic E-state index is 0.00403. The van der Waals surface area contributed by atoms with Gasteiger partial charge in [0.05, 0.1) is 19.6 Å². The average molecular weight is 508 g/mol. The quantitative estimate of drug-likeness (QED) is 0.528. The summed E-state index contributed by atoms with van der Waals surface area (Å²) in [6.45, 7) is 5.90. The van der Waals surface area contributed by atoms with E-state index in [0.29, 0.717) is 44.8 Å². The molecule has 196 valence electrons. The van der Waals surface area contributed by atoms with Gasteiger partial charge >= 0.3 is 6.18 Å². The molecule has 0 aliphatic carbocycles. The smallest absolute Gasteiger partial charge is 0.379 e. The number of hydrogen-bond acceptors (Lipinski definition) is 8. The zero-order valence-electron chi connectivity index (χ0n) is 20.4. The Hall–Kier alpha value is -3.12. The van der Waals surface area contributed by atoms with Crippen LogP contribution in [0.15, 0.2) is 30.5 Å². The molecule has 0 radical (unpaired) electrons. The molecule has 0 bridgehead atoms. The molecule has 36 heavy (non-hydrogen) atoms. The van der Waals surface area contributed by atoms with E-state index in [1.807, 2.05) is 24.3 Å². The van der Waals surface area contributed by atoms with Crippen LogP contribution in [0.3, 0.4) is 0 Å². The Balaban J connectivity index is 1.37. The second kappa shape index (κ2) is 11.7. The van der Waals surface area contributed by atoms with Gasteiger partial charge in [0.1, 0.15) is 11.4 Å². The molecule has 4 rings (SSSR count). The van der Waals surface area contributed by atoms with Crippen molar-refractivity contribution in [2.24, 2.45) is 0 Å². The summed E-state index contributed by atoms with van der Waals surface area (Å²) >= 11 is 0. The van der Waals surface area contributed by atoms with Crippen LogP contribution in [0.1, 0.15) is 18.4 Å². The van der Waals surface area contributed by atoms with Crippen LogP contribution in [-0.4, -0.2) is 91.7 Å². The van der Waals surface area contributed by atoms with E-state index < -0.39 is 11.7 Å². The molecule has 0 spiro atoms. The highest BCUT2D eigenvalue weighted by atomic mass is 19.4. The predicted molar refractivity (Wildman–Crippen MR) is 132 cm³/mol. The number of piperazine rings is 1. The SMILES string of the molecule is CN1CCN(c2ccc(Nc3ncc(C(F)(F)F)c(NCCCN4CCOCCC4=O)n3)cc2)CC1. The lowest BCUT2D eigenvalue weighted by molar-refractivity contribution is -0.137. The summed E-state index contributed by atoms with van der Waals surface area (Å²) in [7, 11) is 2.10. The van der Waals surface area contributed by atoms with Crippen LogP contribution in [0.25, 0.3) is 0 Å². The zero-order chi connectivity index (χ0) is 25.5. The molecular weight excluding hydrogens is 475 g/mol. The van der Waals surface area contributed by atoms with Crippen molar-refractivity contribution in [3.05, 3.63) is 36.0 Å². The van der Waals surface area contributed by atoms with Gasteiger partial charge in [0.25, 0.3) is 0 Å². The van der Waals surface area contributed by atoms with Gasteiger partial charge in [0.2, 0.25) is 11.9 Å². The number of carbonyl (C=O) groups is 1. The second-order valence-electron chi connectivity index (χ2n) is 8.94. The monoisotopic (exact) mass is 507 g/mol. The minimum atomic E-state index is -4.59. The first kappa shape index (κ1) is 26.0. The molecule has 2 aliphatic heterocycles. The predicted octanol–water partition coefficient (Wildman–Crippen LogP) is 3.04. The van der Waals surface area contributed by atoms with Gasteiger partial charge in [-0.15, -0.1) is 0 Å². The van der Waals surface area contributed by atoms with E-state index in [9.17, 15) is 18.0 Å². The highest BCUT2D eigenvalue weighted by Crippen LogP contribution is 2.34. The molecule has 0 saturated carbocycles. The molecule has 1 amide bonds. The molecule has 2 aromatic rings. The van der Waals surface area contributed by atoms with Gasteiger partial charge in [-0.2, -0.15) is 18.2 Å². The molecule has 2 saturated heterocycles. The first-order chi connectivity index (χ1) is 17.3. The van der Waals surface area contributed by atoms with E-state index in [1.54, 1.807) is 4.90 Å². The van der Waals surface area contributed by atoms with Crippen molar-refractivity contribution < 1.29 is 22.7 Å². The Morgan fingerprint density at radius 1 is 1.06 bits per heavy atom. The number of anilines is 4. The number of rotatable bonds is 8. The minimum Gasteiger partial charge on any atom is -0.379 e. The summed E-state index contributed by atoms with van der Waals surface area (Å²) in [5.41, 5.74) is 0.844. The van der Waals surface area contributed by atoms with Gasteiger partial charge in [-0.1, -0.05) is 0 Å². The van der Waals surface area contributed by atoms with E-state index in [1.165, 1.54) is 0 Å². The summed E-state index contributed by atoms with van der Waals surface area (Å²) in [6.07, 6.45) is -3.01. The summed E-state index contributed by atoms with van der Waals surface area (Å²) in [5, 5.41) is 5.77. The lowest BCUT2D eigenvalue weighted by Gasteiger charge is -2.34. The maximum Gasteiger partial charge on any atom is 0.421 e. The third-order valence-electron chi connectivity index (χ3n) is 6.30. The van der Waals surface area contributed by atoms with Crippen molar-refractivity contribution in [2.45, 2.75) is 19.0 Å². The molecular formula is C24H32F3N7O2. The Labute approximate surface area is 208 Å². The highest BCUT2D eigenvalue weighted by Gasteiger charge is 2.35. The Bertz CT molecular complexity index is 1010. The molecule has 1 aromatic heterocycles. The molecule has 9 nitrogen and oxygen atoms in total. The first-order valence-corrected chi connectivity index (χ1v) is 12.1. The van der Waals surface area contributed by atoms with E-state index >= 15 is 0 Å². The van der Waals surface area contributed by atoms with Crippen molar-refractivity contribution in [1.82, 2.24) is 19.8 Å². The number of amides is 1. The number of halogens is 3. The number of likely N-dealkylation sites (N-methyl/N-ethyl adjacent to an activating group) is 1. The normalized spacial score (nSPS) is 17.7. The van der Waals surface area contributed by atoms with Gasteiger partial charge in [-0.3, -0.25) is 4.79 Å². The maximum absolute atomic E-state index is 13.5. The number of nitrogens with zero attached hydrogens (tertiary/aromatic N) is 5. The third kappa shape index (κ3) is 6.97. The van der Waals surface area contributed by atoms with E-state index in [4.69, 9.17) is 4.74 Å². The number of alkyl halides is 3. The first-order valence-electron chi connectivity index (χ1n) is 12.1. The molecule has 2 aliphatic rings. The van der Waals surface area contributed by atoms with Crippen molar-refractivity contribution >= 4 is 29.0 Å². The molecule has 1 aromatic carbocycles. The van der Waals surface area contributed by atoms with Crippen LogP contribution >= 0.6 is 0 Å². The summed E-state index contributed by atoms with van der Waals surface area (Å²) in [4.78, 5) is 26.3. The lowest BCUT2D eigenvalue weighted by Crippen LogP contribution is -2.44. The topological polar surface area (TPSA) is 85.9 Å². The molecule has 0 unspecified atom stereocenters. The van der Waals surface area contributed by atoms with Gasteiger partial charge < -0.3 is 30.1 Å². The Morgan fingerprint density at radius 2 is 1.81 bits per heavy atom. The molecule has 2 fully saturated rings. The van der Waals surface area contributed by atoms with Crippen LogP contribution in [0.4, 0.5) is 36.3 Å². The second-order valence-corrected chi connectivity index (χ2v) is 8.94. The van der Waals surface area contributed by atoms with Crippen molar-refractivity contribution in [3.63, 3.8) is 0 Å². The van der Waals surface area contributed by atoms with E-state index in [-0.39, 0.29) is 24.2 Å². The van der Waals surface area contributed by atoms with Crippen LogP contribution in [-0.2, 0) is 15.7 Å². The van der Waals surface area contributed by atoms with Crippen molar-refractivity contribution in [3.8, 4) is 0 Å². The Morgan fingerprint density at radius 3 is 2.53 bits per heavy atom. The fraction of sp³-hybridized carbons (Fsp3) is 0.542. The van der Waals surface area contributed by atoms with E-state index in [2.05, 4.69) is 37.4 Å². The van der Waals surface area contributed by atoms with Crippen LogP contribution in [0.2, 0.25) is 0 Å². The van der Waals surface area contributed by atoms with Gasteiger partial charge in [0, 0.05) is 63.4 Å². The summed E-state index contributed by atoms with van der Waals surface area (Å²) < 4.78 is 45.9. The Kier molecular flexibility index (Phi) is 8.47. The summed E-state index contributed by atoms with van der Waals surface area (Å²) in [5.74, 6) is -0.229. The fourth-order valence-corrected chi connectivity index (χ4v) is 4.17. The van der Waals surface area contributed by atoms with E-state index in [0.717, 1.165) is 38.1 Å². The molecule has 0 atom stereocenters. The summed E-state index contributed by atoms with van der Waals surface area (Å²) in [6, 6.07) is 7.69. The third-order valence-corrected chi connectivity index (χ3v) is 6.30. The fourth-order valence-electron chi connectivity index (χ4n) is 4.17. The number of carbonyl (C=O) groups excluding carboxylic acids is 1. The lowest BCUT2D eigenvalue weighted by atomic mass is 10.2. The molecule has 2 N–H and O–H groups in total. The average Bonchev–Trinajstić information content (AvgIpc) is 3.06. The van der Waals surface area contributed by atoms with Crippen LogP contribution in [0, 0.1) is 0 Å². The highest BCUT2D eigenvalue weighted by molar-refractivity contribution is 5.76. The maximum atomic E-state index is 13.5. The van der Waals surface area contributed by atoms with Crippen molar-refractivity contribution in [1.29, 1.82) is 0 Å². The number of ether oxygens (including phenoxy) is 1. The number of benzene rings is 1. The van der Waals surface area contributed by atoms with Gasteiger partial charge in [-0.05, 0) is 37.7 Å². The van der Waals surface area contributed by atoms with Gasteiger partial charge in [0.15, 0.2) is 0 Å².